The van der Waals surface area contributed by atoms with Crippen LogP contribution in [0.2, 0.25) is 0 Å². The zero-order chi connectivity index (χ0) is 28.2. The van der Waals surface area contributed by atoms with Crippen molar-refractivity contribution in [2.45, 2.75) is 12.6 Å². The Kier molecular flexibility index (Phi) is 7.42. The molecule has 1 amide bonds. The number of halogens is 1. The average Bonchev–Trinajstić information content (AvgIpc) is 3.40. The number of anilines is 4. The van der Waals surface area contributed by atoms with Gasteiger partial charge in [0, 0.05) is 47.6 Å². The summed E-state index contributed by atoms with van der Waals surface area (Å²) in [5, 5.41) is 15.3. The van der Waals surface area contributed by atoms with Crippen molar-refractivity contribution in [3.8, 4) is 17.6 Å². The molecule has 9 heteroatoms. The summed E-state index contributed by atoms with van der Waals surface area (Å²) in [5.41, 5.74) is 9.62. The summed E-state index contributed by atoms with van der Waals surface area (Å²) in [6.45, 7) is 0.538. The molecule has 40 heavy (non-hydrogen) atoms. The molecule has 2 unspecified atom stereocenters. The summed E-state index contributed by atoms with van der Waals surface area (Å²) in [4.78, 5) is 14.8. The van der Waals surface area contributed by atoms with Crippen molar-refractivity contribution < 1.29 is 18.7 Å². The minimum atomic E-state index is -0.504. The second-order valence-corrected chi connectivity index (χ2v) is 9.37. The molecular weight excluding hydrogens is 509 g/mol. The molecule has 4 N–H and O–H groups in total. The lowest BCUT2D eigenvalue weighted by molar-refractivity contribution is 0.102. The number of methoxy groups -OCH3 is 2. The standard InChI is InChI=1S/C31H28FN5O3/c1-39-29-10-8-23(14-30(29)40-2)35-18-19-3-6-21(7-4-19)31(38)36-26-16-28(24(32)15-25(26)34)37-12-11-22-13-20(17-33)5-9-27(22)37/h3-16,22,27,35H,18,34H2,1-2H3,(H,36,38). The number of hydrogen-bond acceptors (Lipinski definition) is 7. The maximum absolute atomic E-state index is 15.0. The van der Waals surface area contributed by atoms with Crippen LogP contribution in [0.4, 0.5) is 27.1 Å². The third-order valence-electron chi connectivity index (χ3n) is 6.90. The predicted molar refractivity (Wildman–Crippen MR) is 154 cm³/mol. The number of nitrogens with one attached hydrogen (secondary N) is 2. The van der Waals surface area contributed by atoms with E-state index in [0.29, 0.717) is 34.9 Å². The fourth-order valence-corrected chi connectivity index (χ4v) is 4.75. The maximum atomic E-state index is 15.0. The van der Waals surface area contributed by atoms with Gasteiger partial charge in [0.15, 0.2) is 11.5 Å². The molecule has 1 heterocycles. The molecule has 3 aromatic rings. The Morgan fingerprint density at radius 2 is 1.85 bits per heavy atom. The van der Waals surface area contributed by atoms with E-state index in [1.54, 1.807) is 43.5 Å². The van der Waals surface area contributed by atoms with Crippen molar-refractivity contribution in [3.63, 3.8) is 0 Å². The molecule has 0 radical (unpaired) electrons. The number of hydrogen-bond donors (Lipinski definition) is 3. The zero-order valence-electron chi connectivity index (χ0n) is 22.0. The normalized spacial score (nSPS) is 17.1. The Balaban J connectivity index is 1.26. The number of nitrogens with zero attached hydrogens (tertiary/aromatic N) is 2. The van der Waals surface area contributed by atoms with Crippen molar-refractivity contribution in [1.82, 2.24) is 0 Å². The largest absolute Gasteiger partial charge is 0.493 e. The molecule has 2 atom stereocenters. The van der Waals surface area contributed by atoms with Crippen LogP contribution in [0.25, 0.3) is 0 Å². The summed E-state index contributed by atoms with van der Waals surface area (Å²) in [5.74, 6) is 0.363. The Hall–Kier alpha value is -5.23. The molecule has 1 aliphatic carbocycles. The van der Waals surface area contributed by atoms with Gasteiger partial charge in [0.1, 0.15) is 5.82 Å². The lowest BCUT2D eigenvalue weighted by Gasteiger charge is -2.29. The molecule has 0 aromatic heterocycles. The van der Waals surface area contributed by atoms with Gasteiger partial charge in [-0.15, -0.1) is 0 Å². The molecule has 0 spiro atoms. The number of allylic oxidation sites excluding steroid dienone is 2. The van der Waals surface area contributed by atoms with Crippen LogP contribution >= 0.6 is 0 Å². The van der Waals surface area contributed by atoms with E-state index < -0.39 is 5.82 Å². The molecule has 202 valence electrons. The Labute approximate surface area is 231 Å². The first-order valence-electron chi connectivity index (χ1n) is 12.6. The number of nitrogen functional groups attached to an aromatic ring is 1. The topological polar surface area (TPSA) is 113 Å². The molecule has 1 aliphatic heterocycles. The monoisotopic (exact) mass is 537 g/mol. The maximum Gasteiger partial charge on any atom is 0.255 e. The van der Waals surface area contributed by atoms with Crippen LogP contribution < -0.4 is 30.7 Å². The smallest absolute Gasteiger partial charge is 0.255 e. The van der Waals surface area contributed by atoms with Crippen molar-refractivity contribution in [2.75, 3.05) is 35.5 Å². The third-order valence-corrected chi connectivity index (χ3v) is 6.90. The molecule has 8 nitrogen and oxygen atoms in total. The van der Waals surface area contributed by atoms with Gasteiger partial charge in [-0.1, -0.05) is 30.4 Å². The quantitative estimate of drug-likeness (QED) is 0.319. The summed E-state index contributed by atoms with van der Waals surface area (Å²) < 4.78 is 25.6. The number of carbonyl (C=O) groups excluding carboxylic acids is 1. The first-order valence-corrected chi connectivity index (χ1v) is 12.6. The van der Waals surface area contributed by atoms with E-state index in [1.807, 2.05) is 48.6 Å². The van der Waals surface area contributed by atoms with E-state index in [4.69, 9.17) is 15.2 Å². The lowest BCUT2D eigenvalue weighted by Crippen LogP contribution is -2.31. The van der Waals surface area contributed by atoms with Gasteiger partial charge in [0.05, 0.1) is 43.4 Å². The summed E-state index contributed by atoms with van der Waals surface area (Å²) in [6.07, 6.45) is 9.16. The first-order chi connectivity index (χ1) is 19.4. The number of ether oxygens (including phenoxy) is 2. The molecular formula is C31H28FN5O3. The highest BCUT2D eigenvalue weighted by Crippen LogP contribution is 2.37. The SMILES string of the molecule is COc1ccc(NCc2ccc(C(=O)Nc3cc(N4C=CC5C=C(C#N)C=CC54)c(F)cc3N)cc2)cc1OC. The molecule has 0 saturated carbocycles. The Morgan fingerprint density at radius 1 is 1.07 bits per heavy atom. The first kappa shape index (κ1) is 26.4. The Bertz CT molecular complexity index is 1570. The number of amides is 1. The summed E-state index contributed by atoms with van der Waals surface area (Å²) in [7, 11) is 3.17. The highest BCUT2D eigenvalue weighted by atomic mass is 19.1. The van der Waals surface area contributed by atoms with Crippen LogP contribution in [0, 0.1) is 23.1 Å². The van der Waals surface area contributed by atoms with E-state index >= 15 is 0 Å². The van der Waals surface area contributed by atoms with E-state index in [0.717, 1.165) is 11.3 Å². The number of nitriles is 1. The second-order valence-electron chi connectivity index (χ2n) is 9.37. The van der Waals surface area contributed by atoms with E-state index in [9.17, 15) is 14.4 Å². The van der Waals surface area contributed by atoms with Crippen molar-refractivity contribution in [1.29, 1.82) is 5.26 Å². The molecule has 0 saturated heterocycles. The van der Waals surface area contributed by atoms with E-state index in [2.05, 4.69) is 16.7 Å². The zero-order valence-corrected chi connectivity index (χ0v) is 22.0. The van der Waals surface area contributed by atoms with Crippen LogP contribution in [0.3, 0.4) is 0 Å². The molecule has 2 aliphatic rings. The predicted octanol–water partition coefficient (Wildman–Crippen LogP) is 5.63. The number of fused-ring (bicyclic) bond motifs is 1. The van der Waals surface area contributed by atoms with Crippen molar-refractivity contribution in [2.24, 2.45) is 5.92 Å². The van der Waals surface area contributed by atoms with Crippen molar-refractivity contribution in [3.05, 3.63) is 108 Å². The fraction of sp³-hybridized carbons (Fsp3) is 0.161. The lowest BCUT2D eigenvalue weighted by atomic mass is 9.93. The summed E-state index contributed by atoms with van der Waals surface area (Å²) in [6, 6.07) is 17.4. The van der Waals surface area contributed by atoms with Gasteiger partial charge in [-0.3, -0.25) is 4.79 Å². The van der Waals surface area contributed by atoms with E-state index in [1.165, 1.54) is 12.1 Å². The molecule has 5 rings (SSSR count). The van der Waals surface area contributed by atoms with Gasteiger partial charge in [0.25, 0.3) is 5.91 Å². The van der Waals surface area contributed by atoms with Gasteiger partial charge >= 0.3 is 0 Å². The highest BCUT2D eigenvalue weighted by molar-refractivity contribution is 6.06. The second kappa shape index (κ2) is 11.3. The van der Waals surface area contributed by atoms with E-state index in [-0.39, 0.29) is 29.2 Å². The summed E-state index contributed by atoms with van der Waals surface area (Å²) >= 11 is 0. The minimum Gasteiger partial charge on any atom is -0.493 e. The van der Waals surface area contributed by atoms with Gasteiger partial charge < -0.3 is 30.7 Å². The van der Waals surface area contributed by atoms with Gasteiger partial charge in [-0.25, -0.2) is 4.39 Å². The number of rotatable bonds is 8. The molecule has 0 bridgehead atoms. The Morgan fingerprint density at radius 3 is 2.58 bits per heavy atom. The van der Waals surface area contributed by atoms with Gasteiger partial charge in [-0.2, -0.15) is 5.26 Å². The third kappa shape index (κ3) is 5.33. The molecule has 3 aromatic carbocycles. The van der Waals surface area contributed by atoms with Gasteiger partial charge in [0.2, 0.25) is 0 Å². The fourth-order valence-electron chi connectivity index (χ4n) is 4.75. The van der Waals surface area contributed by atoms with Crippen LogP contribution in [-0.4, -0.2) is 26.2 Å². The van der Waals surface area contributed by atoms with Crippen LogP contribution in [0.15, 0.2) is 90.7 Å². The minimum absolute atomic E-state index is 0.0469. The van der Waals surface area contributed by atoms with Gasteiger partial charge in [-0.05, 0) is 42.0 Å². The van der Waals surface area contributed by atoms with Crippen LogP contribution in [-0.2, 0) is 6.54 Å². The number of carbonyl (C=O) groups is 1. The van der Waals surface area contributed by atoms with Crippen LogP contribution in [0.5, 0.6) is 11.5 Å². The number of benzene rings is 3. The molecule has 0 fully saturated rings. The van der Waals surface area contributed by atoms with Crippen LogP contribution in [0.1, 0.15) is 15.9 Å². The highest BCUT2D eigenvalue weighted by Gasteiger charge is 2.31. The average molecular weight is 538 g/mol. The van der Waals surface area contributed by atoms with Crippen molar-refractivity contribution >= 4 is 28.7 Å². The number of nitrogens with two attached hydrogens (primary N) is 1.